The summed E-state index contributed by atoms with van der Waals surface area (Å²) in [5.74, 6) is 0.527. The Bertz CT molecular complexity index is 952. The summed E-state index contributed by atoms with van der Waals surface area (Å²) >= 11 is 6.33. The van der Waals surface area contributed by atoms with E-state index in [1.165, 1.54) is 0 Å². The first kappa shape index (κ1) is 18.3. The number of benzene rings is 3. The molecule has 3 aromatic carbocycles. The van der Waals surface area contributed by atoms with Crippen LogP contribution in [0.2, 0.25) is 5.02 Å². The van der Waals surface area contributed by atoms with Gasteiger partial charge in [0.05, 0.1) is 22.9 Å². The zero-order chi connectivity index (χ0) is 18.7. The van der Waals surface area contributed by atoms with Gasteiger partial charge in [-0.3, -0.25) is 4.79 Å². The average Bonchev–Trinajstić information content (AvgIpc) is 2.66. The topological polar surface area (TPSA) is 29.5 Å². The minimum absolute atomic E-state index is 0.113. The van der Waals surface area contributed by atoms with Crippen LogP contribution in [0.4, 0.5) is 5.69 Å². The first-order chi connectivity index (χ1) is 12.6. The third kappa shape index (κ3) is 3.27. The normalized spacial score (nSPS) is 10.8. The second kappa shape index (κ2) is 7.79. The van der Waals surface area contributed by atoms with E-state index in [2.05, 4.69) is 0 Å². The monoisotopic (exact) mass is 367 g/mol. The third-order valence-corrected chi connectivity index (χ3v) is 4.79. The Kier molecular flexibility index (Phi) is 5.48. The van der Waals surface area contributed by atoms with Gasteiger partial charge >= 0.3 is 0 Å². The zero-order valence-electron chi connectivity index (χ0n) is 15.3. The highest BCUT2D eigenvalue weighted by Crippen LogP contribution is 2.34. The maximum atomic E-state index is 13.4. The van der Waals surface area contributed by atoms with Crippen molar-refractivity contribution in [1.29, 1.82) is 0 Å². The van der Waals surface area contributed by atoms with Crippen molar-refractivity contribution < 1.29 is 9.53 Å². The van der Waals surface area contributed by atoms with E-state index in [0.29, 0.717) is 35.2 Å². The molecule has 134 valence electrons. The van der Waals surface area contributed by atoms with E-state index in [-0.39, 0.29) is 5.91 Å². The lowest BCUT2D eigenvalue weighted by atomic mass is 9.99. The Morgan fingerprint density at radius 1 is 1.08 bits per heavy atom. The Morgan fingerprint density at radius 3 is 2.46 bits per heavy atom. The van der Waals surface area contributed by atoms with Crippen LogP contribution in [0.3, 0.4) is 0 Å². The van der Waals surface area contributed by atoms with Crippen LogP contribution >= 0.6 is 11.6 Å². The quantitative estimate of drug-likeness (QED) is 0.564. The molecule has 3 aromatic rings. The lowest BCUT2D eigenvalue weighted by molar-refractivity contribution is 0.0984. The Morgan fingerprint density at radius 2 is 1.77 bits per heavy atom. The Labute approximate surface area is 159 Å². The molecule has 0 bridgehead atoms. The first-order valence-corrected chi connectivity index (χ1v) is 9.17. The van der Waals surface area contributed by atoms with Gasteiger partial charge in [0, 0.05) is 6.54 Å². The molecule has 1 amide bonds. The van der Waals surface area contributed by atoms with Crippen LogP contribution in [-0.4, -0.2) is 19.1 Å². The average molecular weight is 368 g/mol. The number of carbonyl (C=O) groups excluding carboxylic acids is 1. The highest BCUT2D eigenvalue weighted by Gasteiger charge is 2.24. The van der Waals surface area contributed by atoms with Crippen molar-refractivity contribution in [2.45, 2.75) is 20.8 Å². The van der Waals surface area contributed by atoms with E-state index in [1.54, 1.807) is 11.0 Å². The van der Waals surface area contributed by atoms with E-state index >= 15 is 0 Å². The van der Waals surface area contributed by atoms with Gasteiger partial charge in [0.2, 0.25) is 0 Å². The van der Waals surface area contributed by atoms with Gasteiger partial charge in [0.1, 0.15) is 5.75 Å². The highest BCUT2D eigenvalue weighted by atomic mass is 35.5. The van der Waals surface area contributed by atoms with Gasteiger partial charge < -0.3 is 9.64 Å². The van der Waals surface area contributed by atoms with Crippen LogP contribution < -0.4 is 9.64 Å². The van der Waals surface area contributed by atoms with Crippen molar-refractivity contribution in [1.82, 2.24) is 0 Å². The highest BCUT2D eigenvalue weighted by molar-refractivity contribution is 6.34. The van der Waals surface area contributed by atoms with Crippen LogP contribution in [0, 0.1) is 6.92 Å². The van der Waals surface area contributed by atoms with Crippen molar-refractivity contribution >= 4 is 34.0 Å². The van der Waals surface area contributed by atoms with Crippen molar-refractivity contribution in [3.8, 4) is 5.75 Å². The molecule has 0 saturated carbocycles. The van der Waals surface area contributed by atoms with E-state index in [9.17, 15) is 4.79 Å². The number of nitrogens with zero attached hydrogens (tertiary/aromatic N) is 1. The number of para-hydroxylation sites is 1. The number of halogens is 1. The maximum Gasteiger partial charge on any atom is 0.262 e. The van der Waals surface area contributed by atoms with Crippen molar-refractivity contribution in [2.75, 3.05) is 18.1 Å². The number of hydrogen-bond acceptors (Lipinski definition) is 2. The molecular formula is C22H22ClNO2. The van der Waals surface area contributed by atoms with Crippen LogP contribution in [0.5, 0.6) is 5.75 Å². The number of aryl methyl sites for hydroxylation is 1. The SMILES string of the molecule is CCOc1c(C(=O)N(CC)c2ccccc2Cl)cc2ccccc2c1C. The largest absolute Gasteiger partial charge is 0.493 e. The zero-order valence-corrected chi connectivity index (χ0v) is 16.0. The Hall–Kier alpha value is -2.52. The van der Waals surface area contributed by atoms with Gasteiger partial charge in [-0.05, 0) is 55.3 Å². The summed E-state index contributed by atoms with van der Waals surface area (Å²) in [6, 6.07) is 17.3. The molecule has 0 N–H and O–H groups in total. The maximum absolute atomic E-state index is 13.4. The molecule has 3 nitrogen and oxygen atoms in total. The molecule has 0 aromatic heterocycles. The van der Waals surface area contributed by atoms with E-state index in [4.69, 9.17) is 16.3 Å². The fourth-order valence-electron chi connectivity index (χ4n) is 3.24. The molecule has 0 heterocycles. The number of ether oxygens (including phenoxy) is 1. The van der Waals surface area contributed by atoms with E-state index in [1.807, 2.05) is 69.3 Å². The molecule has 0 unspecified atom stereocenters. The molecule has 4 heteroatoms. The predicted molar refractivity (Wildman–Crippen MR) is 109 cm³/mol. The number of rotatable bonds is 5. The summed E-state index contributed by atoms with van der Waals surface area (Å²) in [6.45, 7) is 6.87. The van der Waals surface area contributed by atoms with Gasteiger partial charge in [0.15, 0.2) is 0 Å². The van der Waals surface area contributed by atoms with Crippen molar-refractivity contribution in [3.05, 3.63) is 70.7 Å². The summed E-state index contributed by atoms with van der Waals surface area (Å²) in [6.07, 6.45) is 0. The van der Waals surface area contributed by atoms with Gasteiger partial charge in [-0.15, -0.1) is 0 Å². The molecule has 0 aliphatic heterocycles. The first-order valence-electron chi connectivity index (χ1n) is 8.80. The fraction of sp³-hybridized carbons (Fsp3) is 0.227. The molecule has 3 rings (SSSR count). The van der Waals surface area contributed by atoms with Crippen LogP contribution in [-0.2, 0) is 0 Å². The summed E-state index contributed by atoms with van der Waals surface area (Å²) in [5.41, 5.74) is 2.24. The second-order valence-electron chi connectivity index (χ2n) is 6.03. The lowest BCUT2D eigenvalue weighted by Gasteiger charge is -2.24. The van der Waals surface area contributed by atoms with Gasteiger partial charge in [-0.25, -0.2) is 0 Å². The summed E-state index contributed by atoms with van der Waals surface area (Å²) < 4.78 is 5.88. The smallest absolute Gasteiger partial charge is 0.262 e. The minimum atomic E-state index is -0.113. The lowest BCUT2D eigenvalue weighted by Crippen LogP contribution is -2.31. The molecule has 0 atom stereocenters. The number of amides is 1. The predicted octanol–water partition coefficient (Wildman–Crippen LogP) is 5.87. The Balaban J connectivity index is 2.17. The molecule has 0 radical (unpaired) electrons. The number of hydrogen-bond donors (Lipinski definition) is 0. The van der Waals surface area contributed by atoms with Crippen LogP contribution in [0.1, 0.15) is 29.8 Å². The molecule has 26 heavy (non-hydrogen) atoms. The standard InChI is InChI=1S/C22H22ClNO2/c1-4-24(20-13-9-8-12-19(20)23)22(25)18-14-16-10-6-7-11-17(16)15(3)21(18)26-5-2/h6-14H,4-5H2,1-3H3. The summed E-state index contributed by atoms with van der Waals surface area (Å²) in [4.78, 5) is 15.1. The van der Waals surface area contributed by atoms with Gasteiger partial charge in [-0.1, -0.05) is 48.0 Å². The minimum Gasteiger partial charge on any atom is -0.493 e. The molecular weight excluding hydrogens is 346 g/mol. The summed E-state index contributed by atoms with van der Waals surface area (Å²) in [7, 11) is 0. The van der Waals surface area contributed by atoms with Gasteiger partial charge in [-0.2, -0.15) is 0 Å². The van der Waals surface area contributed by atoms with Gasteiger partial charge in [0.25, 0.3) is 5.91 Å². The van der Waals surface area contributed by atoms with Crippen LogP contribution in [0.15, 0.2) is 54.6 Å². The molecule has 0 saturated heterocycles. The number of anilines is 1. The van der Waals surface area contributed by atoms with Crippen LogP contribution in [0.25, 0.3) is 10.8 Å². The molecule has 0 aliphatic rings. The molecule has 0 spiro atoms. The van der Waals surface area contributed by atoms with Crippen molar-refractivity contribution in [3.63, 3.8) is 0 Å². The number of fused-ring (bicyclic) bond motifs is 1. The number of carbonyl (C=O) groups is 1. The third-order valence-electron chi connectivity index (χ3n) is 4.47. The van der Waals surface area contributed by atoms with E-state index in [0.717, 1.165) is 16.3 Å². The summed E-state index contributed by atoms with van der Waals surface area (Å²) in [5, 5.41) is 2.67. The molecule has 0 aliphatic carbocycles. The second-order valence-corrected chi connectivity index (χ2v) is 6.44. The fourth-order valence-corrected chi connectivity index (χ4v) is 3.48. The molecule has 0 fully saturated rings. The van der Waals surface area contributed by atoms with Crippen molar-refractivity contribution in [2.24, 2.45) is 0 Å². The van der Waals surface area contributed by atoms with E-state index < -0.39 is 0 Å².